The molecule has 0 heterocycles. The van der Waals surface area contributed by atoms with E-state index in [1.165, 1.54) is 44.1 Å². The van der Waals surface area contributed by atoms with Crippen LogP contribution in [0.4, 0.5) is 0 Å². The van der Waals surface area contributed by atoms with Crippen LogP contribution in [0.25, 0.3) is 5.76 Å². The molecule has 14 heteroatoms. The number of aliphatic hydroxyl groups excluding tert-OH is 2. The quantitative estimate of drug-likeness (QED) is 0.119. The molecule has 0 spiro atoms. The number of fused-ring (bicyclic) bond motifs is 3. The summed E-state index contributed by atoms with van der Waals surface area (Å²) in [6.45, 7) is -3.43. The fourth-order valence-corrected chi connectivity index (χ4v) is 5.99. The van der Waals surface area contributed by atoms with Gasteiger partial charge in [-0.3, -0.25) is 29.4 Å². The van der Waals surface area contributed by atoms with Crippen LogP contribution in [0, 0.1) is 11.8 Å². The largest absolute Gasteiger partial charge is 0.508 e. The van der Waals surface area contributed by atoms with Crippen molar-refractivity contribution in [2.75, 3.05) is 27.3 Å². The number of aliphatic carboxylic acids is 1. The molecule has 0 aromatic heterocycles. The van der Waals surface area contributed by atoms with Crippen molar-refractivity contribution in [1.82, 2.24) is 15.5 Å². The van der Waals surface area contributed by atoms with Gasteiger partial charge in [0, 0.05) is 28.4 Å². The summed E-state index contributed by atoms with van der Waals surface area (Å²) in [5.41, 5.74) is -1.86. The molecule has 0 bridgehead atoms. The molecule has 1 fully saturated rings. The Bertz CT molecular complexity index is 1770. The molecule has 1 saturated carbocycles. The molecule has 14 nitrogen and oxygen atoms in total. The molecule has 0 saturated heterocycles. The van der Waals surface area contributed by atoms with Gasteiger partial charge in [0.25, 0.3) is 5.91 Å². The number of rotatable bonds is 10. The number of phenols is 1. The van der Waals surface area contributed by atoms with E-state index >= 15 is 0 Å². The summed E-state index contributed by atoms with van der Waals surface area (Å²) in [4.78, 5) is 53.9. The summed E-state index contributed by atoms with van der Waals surface area (Å²) < 4.78 is 64.0. The van der Waals surface area contributed by atoms with Crippen LogP contribution in [0.15, 0.2) is 35.1 Å². The number of ketones is 2. The predicted molar refractivity (Wildman–Crippen MR) is 151 cm³/mol. The van der Waals surface area contributed by atoms with Crippen molar-refractivity contribution in [3.05, 3.63) is 46.2 Å². The van der Waals surface area contributed by atoms with Crippen molar-refractivity contribution in [3.8, 4) is 5.75 Å². The molecule has 3 aliphatic carbocycles. The Morgan fingerprint density at radius 2 is 1.86 bits per heavy atom. The SMILES string of the molecule is [2H]C([2H])(NCNC(=O)C1=C(O)[C@]2(O)C(=O)C3=C(O)c4c(O)cccc4[C@](C)(O)[C@@H]3C[C@@H]2[C@@H](N(C)C)C1=O)C([2H])([2H])C([2H])([2H])C([2H])([2H])[C@@H](N)C(=O)O. The van der Waals surface area contributed by atoms with Gasteiger partial charge >= 0.3 is 5.97 Å². The van der Waals surface area contributed by atoms with Gasteiger partial charge < -0.3 is 41.7 Å². The molecule has 4 rings (SSSR count). The topological polar surface area (TPSA) is 243 Å². The van der Waals surface area contributed by atoms with Gasteiger partial charge in [-0.05, 0) is 58.3 Å². The average molecular weight is 611 g/mol. The number of nitrogens with zero attached hydrogens (tertiary/aromatic N) is 1. The number of Topliss-reactive ketones (excluding diaryl/α,β-unsaturated/α-hetero) is 2. The van der Waals surface area contributed by atoms with Crippen molar-refractivity contribution in [2.45, 2.75) is 55.7 Å². The van der Waals surface area contributed by atoms with E-state index in [1.807, 2.05) is 5.32 Å². The number of carboxylic acid groups (broad SMARTS) is 1. The number of carbonyl (C=O) groups is 4. The highest BCUT2D eigenvalue weighted by molar-refractivity contribution is 6.25. The van der Waals surface area contributed by atoms with Crippen LogP contribution in [0.5, 0.6) is 5.75 Å². The highest BCUT2D eigenvalue weighted by Crippen LogP contribution is 2.57. The van der Waals surface area contributed by atoms with E-state index in [9.17, 15) is 44.7 Å². The number of aromatic hydroxyl groups is 1. The summed E-state index contributed by atoms with van der Waals surface area (Å²) in [6.07, 6.45) is -11.9. The third-order valence-corrected chi connectivity index (χ3v) is 8.05. The second kappa shape index (κ2) is 11.7. The Kier molecular flexibility index (Phi) is 6.17. The summed E-state index contributed by atoms with van der Waals surface area (Å²) in [7, 11) is 2.73. The third kappa shape index (κ3) is 5.18. The zero-order valence-electron chi connectivity index (χ0n) is 31.3. The van der Waals surface area contributed by atoms with Crippen molar-refractivity contribution < 1.29 is 60.8 Å². The van der Waals surface area contributed by atoms with Crippen LogP contribution in [-0.2, 0) is 24.8 Å². The Balaban J connectivity index is 1.71. The number of likely N-dealkylation sites (N-methyl/N-ethyl adjacent to an activating group) is 1. The van der Waals surface area contributed by atoms with Crippen LogP contribution in [0.2, 0.25) is 0 Å². The molecule has 1 aromatic carbocycles. The number of hydrogen-bond donors (Lipinski definition) is 9. The van der Waals surface area contributed by atoms with Gasteiger partial charge in [-0.1, -0.05) is 18.5 Å². The highest BCUT2D eigenvalue weighted by atomic mass is 16.4. The summed E-state index contributed by atoms with van der Waals surface area (Å²) in [6, 6.07) is -0.178. The minimum absolute atomic E-state index is 0.0426. The molecule has 1 aromatic rings. The van der Waals surface area contributed by atoms with E-state index in [4.69, 9.17) is 21.8 Å². The van der Waals surface area contributed by atoms with Crippen LogP contribution in [0.3, 0.4) is 0 Å². The first-order valence-corrected chi connectivity index (χ1v) is 13.0. The number of amides is 1. The number of nitrogens with two attached hydrogens (primary N) is 1. The first-order valence-electron chi connectivity index (χ1n) is 17.0. The highest BCUT2D eigenvalue weighted by Gasteiger charge is 2.66. The van der Waals surface area contributed by atoms with E-state index in [0.29, 0.717) is 0 Å². The Hall–Kier alpha value is -3.82. The minimum atomic E-state index is -3.92. The Morgan fingerprint density at radius 3 is 2.49 bits per heavy atom. The van der Waals surface area contributed by atoms with Crippen LogP contribution >= 0.6 is 0 Å². The van der Waals surface area contributed by atoms with Crippen LogP contribution in [0.1, 0.15) is 54.6 Å². The van der Waals surface area contributed by atoms with Crippen molar-refractivity contribution in [1.29, 1.82) is 0 Å². The van der Waals surface area contributed by atoms with Crippen LogP contribution in [-0.4, -0.2) is 104 Å². The normalized spacial score (nSPS) is 33.3. The molecule has 1 amide bonds. The lowest BCUT2D eigenvalue weighted by Gasteiger charge is -2.53. The first kappa shape index (κ1) is 22.7. The average Bonchev–Trinajstić information content (AvgIpc) is 3.00. The van der Waals surface area contributed by atoms with E-state index < -0.39 is 126 Å². The fraction of sp³-hybridized carbons (Fsp3) is 0.517. The second-order valence-electron chi connectivity index (χ2n) is 10.8. The summed E-state index contributed by atoms with van der Waals surface area (Å²) in [5, 5.41) is 69.5. The fourth-order valence-electron chi connectivity index (χ4n) is 5.99. The molecule has 6 atom stereocenters. The van der Waals surface area contributed by atoms with Gasteiger partial charge in [0.1, 0.15) is 28.9 Å². The molecular formula is C29H38N4O10. The molecule has 43 heavy (non-hydrogen) atoms. The lowest BCUT2D eigenvalue weighted by Crippen LogP contribution is -2.67. The van der Waals surface area contributed by atoms with Gasteiger partial charge in [-0.15, -0.1) is 0 Å². The summed E-state index contributed by atoms with van der Waals surface area (Å²) >= 11 is 0. The molecule has 0 unspecified atom stereocenters. The lowest BCUT2D eigenvalue weighted by atomic mass is 9.54. The monoisotopic (exact) mass is 610 g/mol. The van der Waals surface area contributed by atoms with Crippen molar-refractivity contribution in [3.63, 3.8) is 0 Å². The zero-order valence-corrected chi connectivity index (χ0v) is 23.3. The van der Waals surface area contributed by atoms with E-state index in [-0.39, 0.29) is 11.1 Å². The minimum Gasteiger partial charge on any atom is -0.508 e. The first-order chi connectivity index (χ1) is 23.1. The van der Waals surface area contributed by atoms with Crippen LogP contribution < -0.4 is 16.4 Å². The number of phenolic OH excluding ortho intramolecular Hbond substituents is 1. The Morgan fingerprint density at radius 1 is 1.19 bits per heavy atom. The van der Waals surface area contributed by atoms with E-state index in [0.717, 1.165) is 0 Å². The smallest absolute Gasteiger partial charge is 0.320 e. The molecule has 10 N–H and O–H groups in total. The standard InChI is InChI=1S/C29H38N4O10/c1-28(42)13-7-6-9-17(34)18(13)22(35)19-14(28)11-15-21(33(2)3)23(36)20(25(38)29(15,43)24(19)37)26(39)32-12-31-10-5-4-8-16(30)27(40)41/h6-7,9,14-16,21,31,34-35,38,42-43H,4-5,8,10-12,30H2,1-3H3,(H,32,39)(H,40,41)/t14-,15-,16-,21-,28+,29-/m1/s1/i4D2,5D2,8D2,10D2. The van der Waals surface area contributed by atoms with Gasteiger partial charge in [-0.2, -0.15) is 0 Å². The maximum atomic E-state index is 14.2. The van der Waals surface area contributed by atoms with Gasteiger partial charge in [0.2, 0.25) is 5.78 Å². The van der Waals surface area contributed by atoms with Gasteiger partial charge in [0.05, 0.1) is 23.9 Å². The number of benzene rings is 1. The van der Waals surface area contributed by atoms with E-state index in [1.54, 1.807) is 5.32 Å². The summed E-state index contributed by atoms with van der Waals surface area (Å²) in [5.74, 6) is -11.7. The number of aliphatic hydroxyl groups is 4. The van der Waals surface area contributed by atoms with Gasteiger partial charge in [-0.25, -0.2) is 0 Å². The third-order valence-electron chi connectivity index (χ3n) is 8.05. The Labute approximate surface area is 258 Å². The molecule has 0 aliphatic heterocycles. The number of nitrogens with one attached hydrogen (secondary N) is 2. The zero-order chi connectivity index (χ0) is 39.2. The maximum Gasteiger partial charge on any atom is 0.320 e. The molecule has 234 valence electrons. The second-order valence-corrected chi connectivity index (χ2v) is 10.8. The van der Waals surface area contributed by atoms with Gasteiger partial charge in [0.15, 0.2) is 11.4 Å². The molecule has 3 aliphatic rings. The molecule has 0 radical (unpaired) electrons. The molecular weight excluding hydrogens is 564 g/mol. The number of carboxylic acids is 1. The van der Waals surface area contributed by atoms with Crippen molar-refractivity contribution in [2.24, 2.45) is 17.6 Å². The van der Waals surface area contributed by atoms with E-state index in [2.05, 4.69) is 0 Å². The van der Waals surface area contributed by atoms with Crippen molar-refractivity contribution >= 4 is 29.2 Å². The maximum absolute atomic E-state index is 14.2. The lowest BCUT2D eigenvalue weighted by molar-refractivity contribution is -0.159. The number of hydrogen-bond acceptors (Lipinski definition) is 12. The number of carbonyl (C=O) groups excluding carboxylic acids is 3. The predicted octanol–water partition coefficient (Wildman–Crippen LogP) is -0.611.